The van der Waals surface area contributed by atoms with Gasteiger partial charge in [-0.15, -0.1) is 5.10 Å². The van der Waals surface area contributed by atoms with Gasteiger partial charge in [0.25, 0.3) is 0 Å². The van der Waals surface area contributed by atoms with Gasteiger partial charge in [0, 0.05) is 30.4 Å². The molecule has 0 saturated heterocycles. The molecule has 0 fully saturated rings. The predicted octanol–water partition coefficient (Wildman–Crippen LogP) is 4.26. The molecule has 0 spiro atoms. The summed E-state index contributed by atoms with van der Waals surface area (Å²) in [7, 11) is 1.61. The van der Waals surface area contributed by atoms with Crippen LogP contribution < -0.4 is 15.8 Å². The lowest BCUT2D eigenvalue weighted by Gasteiger charge is -2.11. The van der Waals surface area contributed by atoms with Crippen LogP contribution in [0.25, 0.3) is 28.0 Å². The maximum absolute atomic E-state index is 13.5. The lowest BCUT2D eigenvalue weighted by Crippen LogP contribution is -2.09. The summed E-state index contributed by atoms with van der Waals surface area (Å²) in [5.41, 5.74) is 9.87. The number of rotatable bonds is 7. The molecule has 9 heteroatoms. The lowest BCUT2D eigenvalue weighted by atomic mass is 10.1. The number of anilines is 2. The second-order valence-corrected chi connectivity index (χ2v) is 7.57. The third-order valence-electron chi connectivity index (χ3n) is 5.39. The molecule has 0 aliphatic heterocycles. The number of ether oxygens (including phenoxy) is 1. The minimum absolute atomic E-state index is 0.340. The van der Waals surface area contributed by atoms with Crippen molar-refractivity contribution in [1.82, 2.24) is 24.7 Å². The number of nitrogen functional groups attached to an aromatic ring is 1. The molecule has 3 N–H and O–H groups in total. The quantitative estimate of drug-likeness (QED) is 0.378. The molecule has 0 radical (unpaired) electrons. The molecular formula is C25H22FN7O. The number of fused-ring (bicyclic) bond motifs is 1. The normalized spacial score (nSPS) is 11.0. The third kappa shape index (κ3) is 4.11. The highest BCUT2D eigenvalue weighted by Gasteiger charge is 2.21. The van der Waals surface area contributed by atoms with Crippen molar-refractivity contribution in [3.63, 3.8) is 0 Å². The molecule has 0 aliphatic carbocycles. The second-order valence-electron chi connectivity index (χ2n) is 7.57. The van der Waals surface area contributed by atoms with E-state index in [-0.39, 0.29) is 5.82 Å². The highest BCUT2D eigenvalue weighted by atomic mass is 19.1. The lowest BCUT2D eigenvalue weighted by molar-refractivity contribution is 0.416. The number of nitrogens with zero attached hydrogens (tertiary/aromatic N) is 5. The first-order chi connectivity index (χ1) is 16.6. The first-order valence-electron chi connectivity index (χ1n) is 10.7. The second kappa shape index (κ2) is 9.14. The van der Waals surface area contributed by atoms with Crippen LogP contribution in [-0.2, 0) is 6.42 Å². The maximum Gasteiger partial charge on any atom is 0.225 e. The minimum Gasteiger partial charge on any atom is -0.496 e. The van der Waals surface area contributed by atoms with E-state index in [1.807, 2.05) is 42.5 Å². The number of pyridine rings is 1. The molecule has 0 atom stereocenters. The summed E-state index contributed by atoms with van der Waals surface area (Å²) < 4.78 is 20.6. The predicted molar refractivity (Wildman–Crippen MR) is 129 cm³/mol. The Morgan fingerprint density at radius 3 is 2.56 bits per heavy atom. The van der Waals surface area contributed by atoms with E-state index >= 15 is 0 Å². The number of nitrogens with two attached hydrogens (primary N) is 1. The van der Waals surface area contributed by atoms with Crippen molar-refractivity contribution in [3.8, 4) is 22.7 Å². The number of hydrogen-bond donors (Lipinski definition) is 2. The van der Waals surface area contributed by atoms with Crippen LogP contribution >= 0.6 is 0 Å². The van der Waals surface area contributed by atoms with E-state index in [0.29, 0.717) is 52.9 Å². The SMILES string of the molecule is COc1ccccc1-c1nc(NCCc2ccccn2)nc2nn(-c3ccc(F)cc3)c(N)c12. The Kier molecular flexibility index (Phi) is 5.73. The van der Waals surface area contributed by atoms with Gasteiger partial charge in [-0.1, -0.05) is 18.2 Å². The van der Waals surface area contributed by atoms with Crippen LogP contribution in [0.5, 0.6) is 5.75 Å². The van der Waals surface area contributed by atoms with Crippen molar-refractivity contribution < 1.29 is 9.13 Å². The molecule has 3 heterocycles. The average Bonchev–Trinajstić information content (AvgIpc) is 3.21. The van der Waals surface area contributed by atoms with E-state index in [1.54, 1.807) is 25.4 Å². The summed E-state index contributed by atoms with van der Waals surface area (Å²) in [5.74, 6) is 1.07. The number of methoxy groups -OCH3 is 1. The molecule has 170 valence electrons. The topological polar surface area (TPSA) is 104 Å². The van der Waals surface area contributed by atoms with Gasteiger partial charge in [0.1, 0.15) is 17.4 Å². The van der Waals surface area contributed by atoms with Gasteiger partial charge < -0.3 is 15.8 Å². The van der Waals surface area contributed by atoms with E-state index in [9.17, 15) is 4.39 Å². The van der Waals surface area contributed by atoms with Gasteiger partial charge >= 0.3 is 0 Å². The van der Waals surface area contributed by atoms with Gasteiger partial charge in [-0.2, -0.15) is 4.98 Å². The smallest absolute Gasteiger partial charge is 0.225 e. The zero-order valence-corrected chi connectivity index (χ0v) is 18.4. The van der Waals surface area contributed by atoms with Crippen LogP contribution in [0.3, 0.4) is 0 Å². The highest BCUT2D eigenvalue weighted by molar-refractivity contribution is 6.00. The summed E-state index contributed by atoms with van der Waals surface area (Å²) >= 11 is 0. The first kappa shape index (κ1) is 21.3. The van der Waals surface area contributed by atoms with Crippen LogP contribution in [0.4, 0.5) is 16.2 Å². The molecule has 3 aromatic heterocycles. The van der Waals surface area contributed by atoms with Crippen molar-refractivity contribution in [2.45, 2.75) is 6.42 Å². The third-order valence-corrected chi connectivity index (χ3v) is 5.39. The Morgan fingerprint density at radius 1 is 1.00 bits per heavy atom. The molecule has 34 heavy (non-hydrogen) atoms. The van der Waals surface area contributed by atoms with E-state index < -0.39 is 0 Å². The van der Waals surface area contributed by atoms with Gasteiger partial charge in [-0.3, -0.25) is 4.98 Å². The first-order valence-corrected chi connectivity index (χ1v) is 10.7. The van der Waals surface area contributed by atoms with Crippen LogP contribution in [-0.4, -0.2) is 38.4 Å². The zero-order valence-electron chi connectivity index (χ0n) is 18.4. The van der Waals surface area contributed by atoms with Crippen LogP contribution in [0.2, 0.25) is 0 Å². The average molecular weight is 455 g/mol. The molecule has 0 bridgehead atoms. The standard InChI is InChI=1S/C25H22FN7O/c1-34-20-8-3-2-7-19(20)22-21-23(27)33(18-11-9-16(26)10-12-18)32-24(21)31-25(30-22)29-15-13-17-6-4-5-14-28-17/h2-12,14H,13,15,27H2,1H3,(H,29,31,32). The Labute approximate surface area is 195 Å². The number of hydrogen-bond acceptors (Lipinski definition) is 7. The number of benzene rings is 2. The number of para-hydroxylation sites is 1. The van der Waals surface area contributed by atoms with Crippen molar-refractivity contribution in [3.05, 3.63) is 84.4 Å². The summed E-state index contributed by atoms with van der Waals surface area (Å²) in [4.78, 5) is 13.7. The summed E-state index contributed by atoms with van der Waals surface area (Å²) in [5, 5.41) is 8.46. The molecule has 5 rings (SSSR count). The van der Waals surface area contributed by atoms with Crippen molar-refractivity contribution in [1.29, 1.82) is 0 Å². The zero-order chi connectivity index (χ0) is 23.5. The van der Waals surface area contributed by atoms with Gasteiger partial charge in [0.2, 0.25) is 5.95 Å². The molecular weight excluding hydrogens is 433 g/mol. The van der Waals surface area contributed by atoms with Crippen molar-refractivity contribution >= 4 is 22.8 Å². The Balaban J connectivity index is 1.60. The Bertz CT molecular complexity index is 1440. The molecule has 0 amide bonds. The van der Waals surface area contributed by atoms with Crippen molar-refractivity contribution in [2.24, 2.45) is 0 Å². The molecule has 0 saturated carbocycles. The summed E-state index contributed by atoms with van der Waals surface area (Å²) in [6.07, 6.45) is 2.47. The summed E-state index contributed by atoms with van der Waals surface area (Å²) in [6.45, 7) is 0.585. The van der Waals surface area contributed by atoms with Crippen molar-refractivity contribution in [2.75, 3.05) is 24.7 Å². The Hall–Kier alpha value is -4.53. The molecule has 8 nitrogen and oxygen atoms in total. The van der Waals surface area contributed by atoms with Gasteiger partial charge in [-0.05, 0) is 48.5 Å². The number of aromatic nitrogens is 5. The largest absolute Gasteiger partial charge is 0.496 e. The van der Waals surface area contributed by atoms with E-state index in [1.165, 1.54) is 16.8 Å². The molecule has 2 aromatic carbocycles. The van der Waals surface area contributed by atoms with Gasteiger partial charge in [0.05, 0.1) is 23.9 Å². The van der Waals surface area contributed by atoms with Gasteiger partial charge in [0.15, 0.2) is 5.65 Å². The number of halogens is 1. The highest BCUT2D eigenvalue weighted by Crippen LogP contribution is 2.37. The monoisotopic (exact) mass is 455 g/mol. The van der Waals surface area contributed by atoms with Crippen LogP contribution in [0.15, 0.2) is 72.9 Å². The fourth-order valence-electron chi connectivity index (χ4n) is 3.75. The fraction of sp³-hybridized carbons (Fsp3) is 0.120. The maximum atomic E-state index is 13.5. The van der Waals surface area contributed by atoms with Crippen LogP contribution in [0, 0.1) is 5.82 Å². The van der Waals surface area contributed by atoms with E-state index in [0.717, 1.165) is 11.3 Å². The molecule has 5 aromatic rings. The minimum atomic E-state index is -0.340. The number of nitrogens with one attached hydrogen (secondary N) is 1. The molecule has 0 aliphatic rings. The van der Waals surface area contributed by atoms with E-state index in [4.69, 9.17) is 15.5 Å². The van der Waals surface area contributed by atoms with Gasteiger partial charge in [-0.25, -0.2) is 14.1 Å². The van der Waals surface area contributed by atoms with Crippen LogP contribution in [0.1, 0.15) is 5.69 Å². The molecule has 0 unspecified atom stereocenters. The summed E-state index contributed by atoms with van der Waals surface area (Å²) in [6, 6.07) is 19.3. The Morgan fingerprint density at radius 2 is 1.79 bits per heavy atom. The van der Waals surface area contributed by atoms with E-state index in [2.05, 4.69) is 20.4 Å². The fourth-order valence-corrected chi connectivity index (χ4v) is 3.75.